The first-order valence-corrected chi connectivity index (χ1v) is 10.7. The van der Waals surface area contributed by atoms with Gasteiger partial charge in [0.2, 0.25) is 0 Å². The Hall–Kier alpha value is -2.87. The maximum absolute atomic E-state index is 13.4. The summed E-state index contributed by atoms with van der Waals surface area (Å²) in [6.07, 6.45) is 2.40. The van der Waals surface area contributed by atoms with Crippen LogP contribution >= 0.6 is 0 Å². The summed E-state index contributed by atoms with van der Waals surface area (Å²) in [6.45, 7) is 8.18. The quantitative estimate of drug-likeness (QED) is 0.800. The van der Waals surface area contributed by atoms with Crippen molar-refractivity contribution in [2.75, 3.05) is 31.5 Å². The van der Waals surface area contributed by atoms with E-state index in [-0.39, 0.29) is 11.9 Å². The highest BCUT2D eigenvalue weighted by Gasteiger charge is 2.46. The highest BCUT2D eigenvalue weighted by Crippen LogP contribution is 2.41. The van der Waals surface area contributed by atoms with E-state index in [1.165, 1.54) is 12.8 Å². The zero-order valence-corrected chi connectivity index (χ0v) is 17.5. The molecule has 8 heteroatoms. The third-order valence-corrected chi connectivity index (χ3v) is 6.83. The highest BCUT2D eigenvalue weighted by molar-refractivity contribution is 6.04. The van der Waals surface area contributed by atoms with Crippen LogP contribution < -0.4 is 5.32 Å². The number of hydrogen-bond donors (Lipinski definition) is 2. The average Bonchev–Trinajstić information content (AvgIpc) is 3.44. The molecule has 0 bridgehead atoms. The summed E-state index contributed by atoms with van der Waals surface area (Å²) in [6, 6.07) is 9.63. The number of nitrogens with one attached hydrogen (secondary N) is 2. The molecule has 2 aromatic rings. The molecular weight excluding hydrogens is 380 g/mol. The monoisotopic (exact) mass is 408 g/mol. The molecule has 1 unspecified atom stereocenters. The minimum absolute atomic E-state index is 0.0662. The number of urea groups is 1. The van der Waals surface area contributed by atoms with Crippen LogP contribution in [0.1, 0.15) is 48.3 Å². The van der Waals surface area contributed by atoms with Crippen molar-refractivity contribution in [2.45, 2.75) is 44.8 Å². The summed E-state index contributed by atoms with van der Waals surface area (Å²) in [5, 5.41) is 10.3. The van der Waals surface area contributed by atoms with Crippen LogP contribution in [0.5, 0.6) is 0 Å². The van der Waals surface area contributed by atoms with E-state index in [1.807, 2.05) is 41.8 Å². The van der Waals surface area contributed by atoms with Crippen molar-refractivity contribution in [3.05, 3.63) is 47.2 Å². The van der Waals surface area contributed by atoms with Crippen LogP contribution in [0.15, 0.2) is 30.3 Å². The normalized spacial score (nSPS) is 22.7. The molecule has 3 aliphatic rings. The molecule has 30 heavy (non-hydrogen) atoms. The topological polar surface area (TPSA) is 84.6 Å². The molecule has 5 rings (SSSR count). The Balaban J connectivity index is 1.33. The van der Waals surface area contributed by atoms with Gasteiger partial charge in [-0.1, -0.05) is 18.2 Å². The number of anilines is 1. The fourth-order valence-corrected chi connectivity index (χ4v) is 5.03. The van der Waals surface area contributed by atoms with Crippen LogP contribution in [0, 0.1) is 0 Å². The number of nitrogens with zero attached hydrogens (tertiary/aromatic N) is 4. The summed E-state index contributed by atoms with van der Waals surface area (Å²) >= 11 is 0. The van der Waals surface area contributed by atoms with E-state index in [0.29, 0.717) is 24.0 Å². The van der Waals surface area contributed by atoms with Gasteiger partial charge in [0.05, 0.1) is 17.8 Å². The molecule has 158 valence electrons. The van der Waals surface area contributed by atoms with Crippen molar-refractivity contribution < 1.29 is 9.59 Å². The first-order valence-electron chi connectivity index (χ1n) is 10.7. The molecule has 0 radical (unpaired) electrons. The Morgan fingerprint density at radius 3 is 2.77 bits per heavy atom. The number of hydrogen-bond acceptors (Lipinski definition) is 4. The lowest BCUT2D eigenvalue weighted by molar-refractivity contribution is 0.0712. The number of piperazine rings is 1. The van der Waals surface area contributed by atoms with Gasteiger partial charge in [-0.3, -0.25) is 14.8 Å². The van der Waals surface area contributed by atoms with Gasteiger partial charge in [-0.25, -0.2) is 4.79 Å². The zero-order chi connectivity index (χ0) is 20.9. The van der Waals surface area contributed by atoms with Crippen LogP contribution in [-0.4, -0.2) is 69.1 Å². The molecule has 4 heterocycles. The van der Waals surface area contributed by atoms with Crippen molar-refractivity contribution in [2.24, 2.45) is 0 Å². The standard InChI is InChI=1S/C22H28N6O2/c1-22(2)18-17(19(25-24-18)23-20(29)15-7-4-3-5-8-15)14-28(22)21(30)27-12-11-26-10-6-9-16(26)13-27/h3-5,7-8,16H,6,9-14H2,1-2H3,(H2,23,24,25,29). The van der Waals surface area contributed by atoms with Crippen LogP contribution in [0.2, 0.25) is 0 Å². The number of aromatic amines is 1. The molecule has 0 saturated carbocycles. The maximum atomic E-state index is 13.4. The molecule has 2 saturated heterocycles. The van der Waals surface area contributed by atoms with E-state index in [1.54, 1.807) is 12.1 Å². The minimum Gasteiger partial charge on any atom is -0.322 e. The largest absolute Gasteiger partial charge is 0.322 e. The summed E-state index contributed by atoms with van der Waals surface area (Å²) < 4.78 is 0. The summed E-state index contributed by atoms with van der Waals surface area (Å²) in [7, 11) is 0. The number of fused-ring (bicyclic) bond motifs is 2. The predicted molar refractivity (Wildman–Crippen MR) is 113 cm³/mol. The molecule has 1 aromatic carbocycles. The molecule has 3 aliphatic heterocycles. The van der Waals surface area contributed by atoms with Crippen LogP contribution in [0.3, 0.4) is 0 Å². The second-order valence-electron chi connectivity index (χ2n) is 8.95. The molecule has 1 atom stereocenters. The van der Waals surface area contributed by atoms with Crippen LogP contribution in [-0.2, 0) is 12.1 Å². The Morgan fingerprint density at radius 1 is 1.17 bits per heavy atom. The lowest BCUT2D eigenvalue weighted by Crippen LogP contribution is -2.57. The van der Waals surface area contributed by atoms with E-state index in [2.05, 4.69) is 20.4 Å². The van der Waals surface area contributed by atoms with Crippen molar-refractivity contribution in [1.29, 1.82) is 0 Å². The van der Waals surface area contributed by atoms with Crippen molar-refractivity contribution in [1.82, 2.24) is 24.9 Å². The fraction of sp³-hybridized carbons (Fsp3) is 0.500. The molecule has 3 amide bonds. The van der Waals surface area contributed by atoms with Gasteiger partial charge in [-0.05, 0) is 45.4 Å². The molecule has 0 aliphatic carbocycles. The number of carbonyl (C=O) groups excluding carboxylic acids is 2. The molecule has 0 spiro atoms. The van der Waals surface area contributed by atoms with Crippen molar-refractivity contribution >= 4 is 17.8 Å². The number of H-pyrrole nitrogens is 1. The molecule has 2 N–H and O–H groups in total. The SMILES string of the molecule is CC1(C)c2[nH]nc(NC(=O)c3ccccc3)c2CN1C(=O)N1CCN2CCCC2C1. The second kappa shape index (κ2) is 7.12. The number of aromatic nitrogens is 2. The lowest BCUT2D eigenvalue weighted by Gasteiger charge is -2.42. The smallest absolute Gasteiger partial charge is 0.321 e. The predicted octanol–water partition coefficient (Wildman–Crippen LogP) is 2.61. The highest BCUT2D eigenvalue weighted by atomic mass is 16.2. The van der Waals surface area contributed by atoms with Crippen molar-refractivity contribution in [3.63, 3.8) is 0 Å². The maximum Gasteiger partial charge on any atom is 0.321 e. The van der Waals surface area contributed by atoms with E-state index in [0.717, 1.165) is 37.4 Å². The molecule has 2 fully saturated rings. The van der Waals surface area contributed by atoms with Gasteiger partial charge in [0.15, 0.2) is 5.82 Å². The summed E-state index contributed by atoms with van der Waals surface area (Å²) in [5.41, 5.74) is 1.84. The van der Waals surface area contributed by atoms with E-state index in [4.69, 9.17) is 0 Å². The Morgan fingerprint density at radius 2 is 1.97 bits per heavy atom. The first-order chi connectivity index (χ1) is 14.4. The van der Waals surface area contributed by atoms with Gasteiger partial charge in [0, 0.05) is 36.8 Å². The van der Waals surface area contributed by atoms with E-state index < -0.39 is 5.54 Å². The third kappa shape index (κ3) is 3.06. The van der Waals surface area contributed by atoms with Crippen LogP contribution in [0.4, 0.5) is 10.6 Å². The summed E-state index contributed by atoms with van der Waals surface area (Å²) in [5.74, 6) is 0.299. The van der Waals surface area contributed by atoms with Gasteiger partial charge >= 0.3 is 6.03 Å². The van der Waals surface area contributed by atoms with Crippen molar-refractivity contribution in [3.8, 4) is 0 Å². The third-order valence-electron chi connectivity index (χ3n) is 6.83. The lowest BCUT2D eigenvalue weighted by atomic mass is 10.0. The zero-order valence-electron chi connectivity index (χ0n) is 17.5. The average molecular weight is 409 g/mol. The number of carbonyl (C=O) groups is 2. The second-order valence-corrected chi connectivity index (χ2v) is 8.95. The molecular formula is C22H28N6O2. The molecule has 1 aromatic heterocycles. The molecule has 8 nitrogen and oxygen atoms in total. The first kappa shape index (κ1) is 19.1. The minimum atomic E-state index is -0.512. The number of rotatable bonds is 2. The van der Waals surface area contributed by atoms with E-state index >= 15 is 0 Å². The summed E-state index contributed by atoms with van der Waals surface area (Å²) in [4.78, 5) is 32.4. The Bertz CT molecular complexity index is 969. The Labute approximate surface area is 176 Å². The number of benzene rings is 1. The van der Waals surface area contributed by atoms with Gasteiger partial charge in [-0.2, -0.15) is 5.10 Å². The van der Waals surface area contributed by atoms with Gasteiger partial charge in [0.25, 0.3) is 5.91 Å². The Kier molecular flexibility index (Phi) is 4.54. The van der Waals surface area contributed by atoms with Gasteiger partial charge in [-0.15, -0.1) is 0 Å². The van der Waals surface area contributed by atoms with Gasteiger partial charge < -0.3 is 15.1 Å². The van der Waals surface area contributed by atoms with Gasteiger partial charge in [0.1, 0.15) is 0 Å². The number of amides is 3. The fourth-order valence-electron chi connectivity index (χ4n) is 5.03. The van der Waals surface area contributed by atoms with Crippen LogP contribution in [0.25, 0.3) is 0 Å². The van der Waals surface area contributed by atoms with E-state index in [9.17, 15) is 9.59 Å².